The number of hydrogen-bond acceptors (Lipinski definition) is 4. The quantitative estimate of drug-likeness (QED) is 0.733. The molecule has 0 saturated carbocycles. The molecular weight excluding hydrogens is 321 g/mol. The van der Waals surface area contributed by atoms with Gasteiger partial charge < -0.3 is 10.3 Å². The van der Waals surface area contributed by atoms with Gasteiger partial charge in [-0.15, -0.1) is 0 Å². The zero-order chi connectivity index (χ0) is 11.5. The fourth-order valence-electron chi connectivity index (χ4n) is 1.24. The topological polar surface area (TPSA) is 86.5 Å². The third-order valence-electron chi connectivity index (χ3n) is 2.18. The smallest absolute Gasteiger partial charge is 0.266 e. The number of hydrogen-bond donors (Lipinski definition) is 3. The molecule has 0 saturated heterocycles. The summed E-state index contributed by atoms with van der Waals surface area (Å²) in [6.45, 7) is 2.54. The number of aryl methyl sites for hydroxylation is 1. The van der Waals surface area contributed by atoms with Crippen molar-refractivity contribution < 1.29 is 0 Å². The van der Waals surface area contributed by atoms with Crippen molar-refractivity contribution in [3.63, 3.8) is 0 Å². The van der Waals surface area contributed by atoms with Gasteiger partial charge in [0.05, 0.1) is 12.5 Å². The molecule has 0 amide bonds. The van der Waals surface area contributed by atoms with Gasteiger partial charge >= 0.3 is 0 Å². The highest BCUT2D eigenvalue weighted by atomic mass is 127. The summed E-state index contributed by atoms with van der Waals surface area (Å²) in [5.74, 6) is 0.588. The zero-order valence-electron chi connectivity index (χ0n) is 8.54. The Labute approximate surface area is 105 Å². The summed E-state index contributed by atoms with van der Waals surface area (Å²) in [6, 6.07) is 0. The molecule has 0 radical (unpaired) electrons. The van der Waals surface area contributed by atoms with Crippen LogP contribution in [0, 0.1) is 10.5 Å². The number of halogens is 1. The first-order valence-corrected chi connectivity index (χ1v) is 5.72. The summed E-state index contributed by atoms with van der Waals surface area (Å²) in [5, 5.41) is 9.87. The number of anilines is 1. The van der Waals surface area contributed by atoms with Crippen LogP contribution in [0.5, 0.6) is 0 Å². The van der Waals surface area contributed by atoms with Gasteiger partial charge in [0.15, 0.2) is 0 Å². The van der Waals surface area contributed by atoms with Crippen molar-refractivity contribution in [1.29, 1.82) is 0 Å². The molecule has 3 N–H and O–H groups in total. The van der Waals surface area contributed by atoms with Crippen molar-refractivity contribution >= 4 is 28.4 Å². The van der Waals surface area contributed by atoms with Crippen LogP contribution < -0.4 is 10.9 Å². The van der Waals surface area contributed by atoms with Crippen LogP contribution in [0.2, 0.25) is 0 Å². The fraction of sp³-hybridized carbons (Fsp3) is 0.222. The van der Waals surface area contributed by atoms with Crippen molar-refractivity contribution in [2.24, 2.45) is 0 Å². The Morgan fingerprint density at radius 1 is 1.56 bits per heavy atom. The van der Waals surface area contributed by atoms with Crippen LogP contribution in [0.25, 0.3) is 0 Å². The van der Waals surface area contributed by atoms with Gasteiger partial charge in [0.1, 0.15) is 9.39 Å². The lowest BCUT2D eigenvalue weighted by Gasteiger charge is -2.05. The number of aromatic amines is 2. The number of nitrogens with one attached hydrogen (secondary N) is 3. The Hall–Kier alpha value is -1.38. The number of H-pyrrole nitrogens is 2. The molecule has 2 aromatic heterocycles. The largest absolute Gasteiger partial charge is 0.365 e. The van der Waals surface area contributed by atoms with E-state index >= 15 is 0 Å². The van der Waals surface area contributed by atoms with Crippen molar-refractivity contribution in [1.82, 2.24) is 20.2 Å². The maximum atomic E-state index is 11.3. The monoisotopic (exact) mass is 331 g/mol. The van der Waals surface area contributed by atoms with Gasteiger partial charge in [-0.05, 0) is 29.5 Å². The third-order valence-corrected chi connectivity index (χ3v) is 3.18. The number of nitrogens with zero attached hydrogens (tertiary/aromatic N) is 2. The van der Waals surface area contributed by atoms with Gasteiger partial charge in [-0.3, -0.25) is 9.89 Å². The zero-order valence-corrected chi connectivity index (χ0v) is 10.7. The summed E-state index contributed by atoms with van der Waals surface area (Å²) in [6.07, 6.45) is 3.14. The Morgan fingerprint density at radius 2 is 2.38 bits per heavy atom. The minimum atomic E-state index is -0.137. The first-order chi connectivity index (χ1) is 7.68. The minimum absolute atomic E-state index is 0.137. The molecule has 7 heteroatoms. The van der Waals surface area contributed by atoms with Gasteiger partial charge in [-0.2, -0.15) is 5.10 Å². The summed E-state index contributed by atoms with van der Waals surface area (Å²) in [7, 11) is 0. The number of rotatable bonds is 3. The molecule has 16 heavy (non-hydrogen) atoms. The highest BCUT2D eigenvalue weighted by molar-refractivity contribution is 14.1. The summed E-state index contributed by atoms with van der Waals surface area (Å²) in [4.78, 5) is 17.9. The maximum Gasteiger partial charge on any atom is 0.266 e. The predicted octanol–water partition coefficient (Wildman–Crippen LogP) is 1.02. The minimum Gasteiger partial charge on any atom is -0.365 e. The highest BCUT2D eigenvalue weighted by Crippen LogP contribution is 2.11. The molecule has 0 fully saturated rings. The van der Waals surface area contributed by atoms with E-state index in [1.54, 1.807) is 6.20 Å². The van der Waals surface area contributed by atoms with Crippen LogP contribution in [0.1, 0.15) is 11.3 Å². The van der Waals surface area contributed by atoms with Crippen molar-refractivity contribution in [2.45, 2.75) is 13.5 Å². The molecule has 0 aliphatic rings. The highest BCUT2D eigenvalue weighted by Gasteiger charge is 2.05. The van der Waals surface area contributed by atoms with E-state index in [1.165, 1.54) is 6.33 Å². The van der Waals surface area contributed by atoms with Crippen molar-refractivity contribution in [2.75, 3.05) is 5.32 Å². The molecule has 0 bridgehead atoms. The lowest BCUT2D eigenvalue weighted by atomic mass is 10.2. The second kappa shape index (κ2) is 4.64. The number of aromatic nitrogens is 4. The van der Waals surface area contributed by atoms with Crippen LogP contribution >= 0.6 is 22.6 Å². The summed E-state index contributed by atoms with van der Waals surface area (Å²) in [5.41, 5.74) is 1.92. The van der Waals surface area contributed by atoms with Crippen LogP contribution in [-0.4, -0.2) is 20.2 Å². The van der Waals surface area contributed by atoms with Crippen LogP contribution in [0.15, 0.2) is 17.3 Å². The average molecular weight is 331 g/mol. The van der Waals surface area contributed by atoms with Gasteiger partial charge in [0.25, 0.3) is 5.56 Å². The molecule has 84 valence electrons. The fourth-order valence-corrected chi connectivity index (χ4v) is 1.72. The molecule has 0 aliphatic carbocycles. The maximum absolute atomic E-state index is 11.3. The van der Waals surface area contributed by atoms with Crippen LogP contribution in [0.3, 0.4) is 0 Å². The molecule has 0 spiro atoms. The van der Waals surface area contributed by atoms with Gasteiger partial charge in [0, 0.05) is 17.8 Å². The van der Waals surface area contributed by atoms with E-state index in [4.69, 9.17) is 0 Å². The van der Waals surface area contributed by atoms with Crippen LogP contribution in [0.4, 0.5) is 5.82 Å². The first kappa shape index (κ1) is 11.1. The van der Waals surface area contributed by atoms with E-state index in [1.807, 2.05) is 29.5 Å². The molecule has 2 heterocycles. The van der Waals surface area contributed by atoms with E-state index in [0.717, 1.165) is 11.3 Å². The van der Waals surface area contributed by atoms with Crippen molar-refractivity contribution in [3.05, 3.63) is 37.7 Å². The first-order valence-electron chi connectivity index (χ1n) is 4.64. The van der Waals surface area contributed by atoms with Crippen molar-refractivity contribution in [3.8, 4) is 0 Å². The van der Waals surface area contributed by atoms with E-state index in [-0.39, 0.29) is 5.56 Å². The van der Waals surface area contributed by atoms with Gasteiger partial charge in [-0.1, -0.05) is 0 Å². The molecule has 2 rings (SSSR count). The van der Waals surface area contributed by atoms with Gasteiger partial charge in [-0.25, -0.2) is 4.98 Å². The second-order valence-electron chi connectivity index (χ2n) is 3.27. The summed E-state index contributed by atoms with van der Waals surface area (Å²) < 4.78 is 0.557. The molecule has 6 nitrogen and oxygen atoms in total. The second-order valence-corrected chi connectivity index (χ2v) is 4.35. The van der Waals surface area contributed by atoms with Crippen LogP contribution in [-0.2, 0) is 6.54 Å². The molecule has 0 atom stereocenters. The SMILES string of the molecule is Cc1[nH]ncc1CNc1nc[nH]c(=O)c1I. The molecule has 0 unspecified atom stereocenters. The Morgan fingerprint density at radius 3 is 3.06 bits per heavy atom. The molecule has 2 aromatic rings. The van der Waals surface area contributed by atoms with E-state index in [0.29, 0.717) is 15.9 Å². The normalized spacial score (nSPS) is 10.4. The average Bonchev–Trinajstić information content (AvgIpc) is 2.67. The Balaban J connectivity index is 2.14. The third kappa shape index (κ3) is 2.23. The molecule has 0 aromatic carbocycles. The Bertz CT molecular complexity index is 547. The van der Waals surface area contributed by atoms with E-state index in [2.05, 4.69) is 25.5 Å². The van der Waals surface area contributed by atoms with E-state index in [9.17, 15) is 4.79 Å². The molecule has 0 aliphatic heterocycles. The lowest BCUT2D eigenvalue weighted by molar-refractivity contribution is 1.03. The predicted molar refractivity (Wildman–Crippen MR) is 68.2 cm³/mol. The summed E-state index contributed by atoms with van der Waals surface area (Å²) >= 11 is 1.96. The lowest BCUT2D eigenvalue weighted by Crippen LogP contribution is -2.14. The Kier molecular flexibility index (Phi) is 3.22. The van der Waals surface area contributed by atoms with Gasteiger partial charge in [0.2, 0.25) is 0 Å². The standard InChI is InChI=1S/C9H10IN5O/c1-5-6(3-14-15-5)2-11-8-7(10)9(16)13-4-12-8/h3-4H,2H2,1H3,(H,14,15)(H2,11,12,13,16). The van der Waals surface area contributed by atoms with E-state index < -0.39 is 0 Å². The molecular formula is C9H10IN5O.